The van der Waals surface area contributed by atoms with Crippen LogP contribution in [-0.2, 0) is 23.0 Å². The highest BCUT2D eigenvalue weighted by Gasteiger charge is 2.36. The van der Waals surface area contributed by atoms with Gasteiger partial charge in [-0.05, 0) is 6.42 Å². The van der Waals surface area contributed by atoms with Crippen LogP contribution in [0.3, 0.4) is 0 Å². The second-order valence-corrected chi connectivity index (χ2v) is 4.20. The van der Waals surface area contributed by atoms with Crippen LogP contribution in [0, 0.1) is 11.8 Å². The summed E-state index contributed by atoms with van der Waals surface area (Å²) in [7, 11) is 1.98. The lowest BCUT2D eigenvalue weighted by Gasteiger charge is -2.09. The fourth-order valence-corrected chi connectivity index (χ4v) is 2.21. The first-order chi connectivity index (χ1) is 7.20. The number of carbonyl (C=O) groups excluding carboxylic acids is 1. The van der Waals surface area contributed by atoms with Gasteiger partial charge in [-0.15, -0.1) is 0 Å². The van der Waals surface area contributed by atoms with E-state index in [0.717, 1.165) is 12.8 Å². The maximum absolute atomic E-state index is 11.4. The first kappa shape index (κ1) is 10.2. The van der Waals surface area contributed by atoms with Crippen LogP contribution in [-0.4, -0.2) is 17.6 Å². The van der Waals surface area contributed by atoms with Crippen LogP contribution < -0.4 is 4.57 Å². The molecule has 0 unspecified atom stereocenters. The first-order valence-electron chi connectivity index (χ1n) is 5.40. The van der Waals surface area contributed by atoms with Crippen LogP contribution in [0.2, 0.25) is 0 Å². The van der Waals surface area contributed by atoms with E-state index in [-0.39, 0.29) is 11.9 Å². The van der Waals surface area contributed by atoms with Crippen molar-refractivity contribution in [3.63, 3.8) is 0 Å². The third-order valence-electron chi connectivity index (χ3n) is 3.05. The van der Waals surface area contributed by atoms with E-state index in [2.05, 4.69) is 11.2 Å². The number of hydrogen-bond donors (Lipinski definition) is 1. The fourth-order valence-electron chi connectivity index (χ4n) is 2.21. The summed E-state index contributed by atoms with van der Waals surface area (Å²) in [5.41, 5.74) is 1.17. The van der Waals surface area contributed by atoms with Gasteiger partial charge in [0, 0.05) is 12.3 Å². The molecule has 0 saturated carbocycles. The summed E-state index contributed by atoms with van der Waals surface area (Å²) in [5, 5.41) is 0. The molecule has 0 radical (unpaired) electrons. The zero-order chi connectivity index (χ0) is 10.8. The predicted molar refractivity (Wildman–Crippen MR) is 53.9 cm³/mol. The quantitative estimate of drug-likeness (QED) is 0.584. The standard InChI is InChI=1S/C11H16N2O2/c1-3-10-8(6-15-11(10)14)4-9-5-13(2)7-12-9/h5,7-8,10H,3-4,6H2,1-2H3/p+1/t8-,10+/m1/s1. The van der Waals surface area contributed by atoms with E-state index in [9.17, 15) is 4.79 Å². The summed E-state index contributed by atoms with van der Waals surface area (Å²) in [5.74, 6) is 0.387. The summed E-state index contributed by atoms with van der Waals surface area (Å²) in [4.78, 5) is 14.6. The average molecular weight is 209 g/mol. The van der Waals surface area contributed by atoms with E-state index in [1.807, 2.05) is 24.9 Å². The number of esters is 1. The van der Waals surface area contributed by atoms with Gasteiger partial charge in [0.25, 0.3) is 0 Å². The van der Waals surface area contributed by atoms with Crippen molar-refractivity contribution in [2.45, 2.75) is 19.8 Å². The Hall–Kier alpha value is -1.32. The zero-order valence-corrected chi connectivity index (χ0v) is 9.19. The largest absolute Gasteiger partial charge is 0.465 e. The van der Waals surface area contributed by atoms with Crippen LogP contribution in [0.25, 0.3) is 0 Å². The molecule has 15 heavy (non-hydrogen) atoms. The van der Waals surface area contributed by atoms with Gasteiger partial charge in [0.1, 0.15) is 11.9 Å². The maximum Gasteiger partial charge on any atom is 0.309 e. The van der Waals surface area contributed by atoms with Crippen LogP contribution in [0.5, 0.6) is 0 Å². The molecule has 4 nitrogen and oxygen atoms in total. The molecule has 2 atom stereocenters. The molecule has 1 fully saturated rings. The van der Waals surface area contributed by atoms with Gasteiger partial charge in [0.15, 0.2) is 0 Å². The molecular weight excluding hydrogens is 192 g/mol. The molecule has 0 bridgehead atoms. The smallest absolute Gasteiger partial charge is 0.309 e. The van der Waals surface area contributed by atoms with Gasteiger partial charge in [0.05, 0.1) is 19.6 Å². The Labute approximate surface area is 89.3 Å². The van der Waals surface area contributed by atoms with E-state index >= 15 is 0 Å². The Bertz CT molecular complexity index is 359. The monoisotopic (exact) mass is 209 g/mol. The third-order valence-corrected chi connectivity index (χ3v) is 3.05. The Balaban J connectivity index is 2.03. The number of ether oxygens (including phenoxy) is 1. The van der Waals surface area contributed by atoms with Crippen LogP contribution in [0.4, 0.5) is 0 Å². The summed E-state index contributed by atoms with van der Waals surface area (Å²) in [6.45, 7) is 2.61. The predicted octanol–water partition coefficient (Wildman–Crippen LogP) is 0.581. The van der Waals surface area contributed by atoms with Gasteiger partial charge in [-0.2, -0.15) is 0 Å². The molecule has 4 heteroatoms. The number of cyclic esters (lactones) is 1. The Kier molecular flexibility index (Phi) is 2.75. The lowest BCUT2D eigenvalue weighted by molar-refractivity contribution is -0.670. The van der Waals surface area contributed by atoms with E-state index in [1.165, 1.54) is 5.69 Å². The molecule has 2 heterocycles. The molecule has 2 rings (SSSR count). The fraction of sp³-hybridized carbons (Fsp3) is 0.636. The minimum Gasteiger partial charge on any atom is -0.465 e. The second-order valence-electron chi connectivity index (χ2n) is 4.20. The topological polar surface area (TPSA) is 46.0 Å². The molecule has 1 aromatic heterocycles. The number of hydrogen-bond acceptors (Lipinski definition) is 2. The number of nitrogens with zero attached hydrogens (tertiary/aromatic N) is 1. The molecule has 1 N–H and O–H groups in total. The number of rotatable bonds is 3. The van der Waals surface area contributed by atoms with E-state index in [4.69, 9.17) is 4.74 Å². The molecule has 1 aliphatic heterocycles. The molecule has 0 aliphatic carbocycles. The van der Waals surface area contributed by atoms with Crippen molar-refractivity contribution in [1.29, 1.82) is 0 Å². The zero-order valence-electron chi connectivity index (χ0n) is 9.19. The molecule has 1 aromatic rings. The van der Waals surface area contributed by atoms with Gasteiger partial charge in [-0.1, -0.05) is 6.92 Å². The van der Waals surface area contributed by atoms with E-state index in [1.54, 1.807) is 0 Å². The highest BCUT2D eigenvalue weighted by atomic mass is 16.5. The number of carbonyl (C=O) groups is 1. The van der Waals surface area contributed by atoms with Crippen molar-refractivity contribution in [3.05, 3.63) is 18.2 Å². The van der Waals surface area contributed by atoms with E-state index < -0.39 is 0 Å². The minimum absolute atomic E-state index is 0.0292. The van der Waals surface area contributed by atoms with Crippen molar-refractivity contribution >= 4 is 5.97 Å². The second kappa shape index (κ2) is 4.04. The molecule has 0 aromatic carbocycles. The lowest BCUT2D eigenvalue weighted by Crippen LogP contribution is -2.23. The van der Waals surface area contributed by atoms with Gasteiger partial charge in [0.2, 0.25) is 6.33 Å². The van der Waals surface area contributed by atoms with Crippen LogP contribution in [0.15, 0.2) is 12.5 Å². The van der Waals surface area contributed by atoms with Crippen molar-refractivity contribution < 1.29 is 14.1 Å². The summed E-state index contributed by atoms with van der Waals surface area (Å²) < 4.78 is 7.07. The Morgan fingerprint density at radius 1 is 1.67 bits per heavy atom. The van der Waals surface area contributed by atoms with Gasteiger partial charge >= 0.3 is 5.97 Å². The van der Waals surface area contributed by atoms with Crippen LogP contribution in [0.1, 0.15) is 19.0 Å². The van der Waals surface area contributed by atoms with E-state index in [0.29, 0.717) is 12.5 Å². The normalized spacial score (nSPS) is 25.6. The molecule has 0 spiro atoms. The number of nitrogens with one attached hydrogen (secondary N) is 1. The Morgan fingerprint density at radius 3 is 3.07 bits per heavy atom. The number of H-pyrrole nitrogens is 1. The number of aromatic amines is 1. The molecular formula is C11H17N2O2+. The highest BCUT2D eigenvalue weighted by Crippen LogP contribution is 2.27. The summed E-state index contributed by atoms with van der Waals surface area (Å²) in [6.07, 6.45) is 5.73. The molecule has 1 saturated heterocycles. The minimum atomic E-state index is -0.0292. The molecule has 1 aliphatic rings. The molecule has 82 valence electrons. The third kappa shape index (κ3) is 2.03. The van der Waals surface area contributed by atoms with Crippen LogP contribution >= 0.6 is 0 Å². The number of imidazole rings is 1. The van der Waals surface area contributed by atoms with Gasteiger partial charge in [-0.25, -0.2) is 9.55 Å². The van der Waals surface area contributed by atoms with Gasteiger partial charge in [-0.3, -0.25) is 4.79 Å². The number of aryl methyl sites for hydroxylation is 1. The highest BCUT2D eigenvalue weighted by molar-refractivity contribution is 5.74. The average Bonchev–Trinajstić information content (AvgIpc) is 2.75. The Morgan fingerprint density at radius 2 is 2.47 bits per heavy atom. The summed E-state index contributed by atoms with van der Waals surface area (Å²) in [6, 6.07) is 0. The SMILES string of the molecule is CC[C@@H]1C(=O)OC[C@H]1Cc1c[n+](C)c[nH]1. The van der Waals surface area contributed by atoms with Crippen molar-refractivity contribution in [3.8, 4) is 0 Å². The summed E-state index contributed by atoms with van der Waals surface area (Å²) >= 11 is 0. The lowest BCUT2D eigenvalue weighted by atomic mass is 9.89. The first-order valence-corrected chi connectivity index (χ1v) is 5.40. The van der Waals surface area contributed by atoms with Gasteiger partial charge < -0.3 is 4.74 Å². The van der Waals surface area contributed by atoms with Crippen molar-refractivity contribution in [2.75, 3.05) is 6.61 Å². The maximum atomic E-state index is 11.4. The van der Waals surface area contributed by atoms with Crippen molar-refractivity contribution in [1.82, 2.24) is 4.98 Å². The number of aromatic nitrogens is 2. The van der Waals surface area contributed by atoms with Crippen molar-refractivity contribution in [2.24, 2.45) is 18.9 Å². The molecule has 0 amide bonds.